The lowest BCUT2D eigenvalue weighted by molar-refractivity contribution is 0.415. The summed E-state index contributed by atoms with van der Waals surface area (Å²) in [5.41, 5.74) is 5.61. The normalized spacial score (nSPS) is 12.4. The van der Waals surface area contributed by atoms with Crippen LogP contribution in [0.4, 0.5) is 5.82 Å². The average Bonchev–Trinajstić information content (AvgIpc) is 2.43. The number of nitrogens with zero attached hydrogens (tertiary/aromatic N) is 1. The Morgan fingerprint density at radius 1 is 1.39 bits per heavy atom. The van der Waals surface area contributed by atoms with Crippen LogP contribution in [0.25, 0.3) is 10.8 Å². The van der Waals surface area contributed by atoms with Crippen molar-refractivity contribution < 1.29 is 4.74 Å². The first-order valence-corrected chi connectivity index (χ1v) is 6.11. The Bertz CT molecular complexity index is 527. The van der Waals surface area contributed by atoms with E-state index in [9.17, 15) is 0 Å². The quantitative estimate of drug-likeness (QED) is 0.848. The molecule has 0 aliphatic heterocycles. The summed E-state index contributed by atoms with van der Waals surface area (Å²) in [7, 11) is 1.67. The topological polar surface area (TPSA) is 60.2 Å². The number of nitrogens with two attached hydrogens (primary N) is 1. The first-order valence-electron chi connectivity index (χ1n) is 6.11. The van der Waals surface area contributed by atoms with Crippen LogP contribution >= 0.6 is 0 Å². The van der Waals surface area contributed by atoms with Crippen molar-refractivity contribution in [1.29, 1.82) is 0 Å². The molecule has 1 heterocycles. The number of methoxy groups -OCH3 is 1. The van der Waals surface area contributed by atoms with E-state index in [0.717, 1.165) is 28.9 Å². The number of benzene rings is 1. The highest BCUT2D eigenvalue weighted by molar-refractivity contribution is 5.92. The molecule has 1 aromatic carbocycles. The summed E-state index contributed by atoms with van der Waals surface area (Å²) in [6.45, 7) is 3.60. The van der Waals surface area contributed by atoms with Crippen LogP contribution in [0.3, 0.4) is 0 Å². The standard InChI is InChI=1S/C14H19N3O/c1-10(8-15)9-17-14-13-7-12(18-2)4-3-11(13)5-6-16-14/h3-7,10H,8-9,15H2,1-2H3,(H,16,17). The Morgan fingerprint density at radius 3 is 2.94 bits per heavy atom. The van der Waals surface area contributed by atoms with Gasteiger partial charge in [-0.2, -0.15) is 0 Å². The van der Waals surface area contributed by atoms with E-state index in [2.05, 4.69) is 17.2 Å². The van der Waals surface area contributed by atoms with E-state index in [1.165, 1.54) is 0 Å². The third-order valence-corrected chi connectivity index (χ3v) is 2.99. The molecule has 1 atom stereocenters. The maximum atomic E-state index is 5.61. The molecule has 0 aliphatic carbocycles. The number of hydrogen-bond acceptors (Lipinski definition) is 4. The molecule has 2 rings (SSSR count). The lowest BCUT2D eigenvalue weighted by atomic mass is 10.1. The van der Waals surface area contributed by atoms with Gasteiger partial charge in [-0.25, -0.2) is 4.98 Å². The van der Waals surface area contributed by atoms with Crippen molar-refractivity contribution in [2.75, 3.05) is 25.5 Å². The fourth-order valence-corrected chi connectivity index (χ4v) is 1.77. The minimum Gasteiger partial charge on any atom is -0.497 e. The SMILES string of the molecule is COc1ccc2ccnc(NCC(C)CN)c2c1. The zero-order valence-electron chi connectivity index (χ0n) is 10.8. The molecular weight excluding hydrogens is 226 g/mol. The van der Waals surface area contributed by atoms with Gasteiger partial charge in [-0.3, -0.25) is 0 Å². The van der Waals surface area contributed by atoms with Gasteiger partial charge in [-0.15, -0.1) is 0 Å². The van der Waals surface area contributed by atoms with Crippen LogP contribution in [-0.4, -0.2) is 25.2 Å². The number of hydrogen-bond donors (Lipinski definition) is 2. The monoisotopic (exact) mass is 245 g/mol. The molecule has 2 aromatic rings. The van der Waals surface area contributed by atoms with Crippen molar-refractivity contribution >= 4 is 16.6 Å². The molecular formula is C14H19N3O. The van der Waals surface area contributed by atoms with Gasteiger partial charge in [0.2, 0.25) is 0 Å². The Balaban J connectivity index is 2.31. The van der Waals surface area contributed by atoms with Crippen molar-refractivity contribution in [2.45, 2.75) is 6.92 Å². The van der Waals surface area contributed by atoms with E-state index in [0.29, 0.717) is 12.5 Å². The van der Waals surface area contributed by atoms with Gasteiger partial charge in [-0.05, 0) is 36.0 Å². The van der Waals surface area contributed by atoms with Crippen LogP contribution < -0.4 is 15.8 Å². The first-order chi connectivity index (χ1) is 8.74. The summed E-state index contributed by atoms with van der Waals surface area (Å²) in [5, 5.41) is 5.56. The largest absolute Gasteiger partial charge is 0.497 e. The fraction of sp³-hybridized carbons (Fsp3) is 0.357. The van der Waals surface area contributed by atoms with Crippen molar-refractivity contribution in [2.24, 2.45) is 11.7 Å². The molecule has 3 N–H and O–H groups in total. The summed E-state index contributed by atoms with van der Waals surface area (Å²) in [6.07, 6.45) is 1.81. The fourth-order valence-electron chi connectivity index (χ4n) is 1.77. The summed E-state index contributed by atoms with van der Waals surface area (Å²) < 4.78 is 5.25. The summed E-state index contributed by atoms with van der Waals surface area (Å²) in [5.74, 6) is 2.14. The molecule has 1 unspecified atom stereocenters. The minimum absolute atomic E-state index is 0.424. The number of nitrogens with one attached hydrogen (secondary N) is 1. The van der Waals surface area contributed by atoms with Gasteiger partial charge in [0, 0.05) is 18.1 Å². The molecule has 18 heavy (non-hydrogen) atoms. The molecule has 0 spiro atoms. The summed E-state index contributed by atoms with van der Waals surface area (Å²) in [6, 6.07) is 7.98. The minimum atomic E-state index is 0.424. The van der Waals surface area contributed by atoms with Crippen LogP contribution in [0.2, 0.25) is 0 Å². The zero-order valence-corrected chi connectivity index (χ0v) is 10.8. The molecule has 4 heteroatoms. The third kappa shape index (κ3) is 2.71. The van der Waals surface area contributed by atoms with Gasteiger partial charge in [-0.1, -0.05) is 13.0 Å². The second kappa shape index (κ2) is 5.69. The van der Waals surface area contributed by atoms with Crippen LogP contribution in [0.15, 0.2) is 30.5 Å². The maximum absolute atomic E-state index is 5.61. The number of ether oxygens (including phenoxy) is 1. The van der Waals surface area contributed by atoms with E-state index in [4.69, 9.17) is 10.5 Å². The van der Waals surface area contributed by atoms with E-state index in [1.807, 2.05) is 30.5 Å². The Labute approximate surface area is 107 Å². The Kier molecular flexibility index (Phi) is 3.99. The predicted octanol–water partition coefficient (Wildman–Crippen LogP) is 2.25. The Hall–Kier alpha value is -1.81. The number of rotatable bonds is 5. The van der Waals surface area contributed by atoms with Gasteiger partial charge in [0.25, 0.3) is 0 Å². The molecule has 0 aliphatic rings. The predicted molar refractivity (Wildman–Crippen MR) is 75.0 cm³/mol. The molecule has 96 valence electrons. The van der Waals surface area contributed by atoms with Crippen molar-refractivity contribution in [3.63, 3.8) is 0 Å². The van der Waals surface area contributed by atoms with Crippen LogP contribution in [-0.2, 0) is 0 Å². The maximum Gasteiger partial charge on any atom is 0.133 e. The highest BCUT2D eigenvalue weighted by atomic mass is 16.5. The van der Waals surface area contributed by atoms with E-state index < -0.39 is 0 Å². The van der Waals surface area contributed by atoms with E-state index in [1.54, 1.807) is 7.11 Å². The van der Waals surface area contributed by atoms with E-state index in [-0.39, 0.29) is 0 Å². The zero-order chi connectivity index (χ0) is 13.0. The second-order valence-corrected chi connectivity index (χ2v) is 4.47. The van der Waals surface area contributed by atoms with Crippen LogP contribution in [0.5, 0.6) is 5.75 Å². The smallest absolute Gasteiger partial charge is 0.133 e. The lowest BCUT2D eigenvalue weighted by Gasteiger charge is -2.13. The molecule has 0 fully saturated rings. The number of anilines is 1. The van der Waals surface area contributed by atoms with Crippen LogP contribution in [0.1, 0.15) is 6.92 Å². The number of aromatic nitrogens is 1. The number of fused-ring (bicyclic) bond motifs is 1. The second-order valence-electron chi connectivity index (χ2n) is 4.47. The van der Waals surface area contributed by atoms with Crippen molar-refractivity contribution in [3.8, 4) is 5.75 Å². The van der Waals surface area contributed by atoms with Gasteiger partial charge >= 0.3 is 0 Å². The molecule has 0 amide bonds. The average molecular weight is 245 g/mol. The first kappa shape index (κ1) is 12.6. The molecule has 0 radical (unpaired) electrons. The molecule has 1 aromatic heterocycles. The summed E-state index contributed by atoms with van der Waals surface area (Å²) in [4.78, 5) is 4.38. The highest BCUT2D eigenvalue weighted by Crippen LogP contribution is 2.25. The molecule has 0 saturated heterocycles. The molecule has 4 nitrogen and oxygen atoms in total. The molecule has 0 bridgehead atoms. The molecule has 0 saturated carbocycles. The third-order valence-electron chi connectivity index (χ3n) is 2.99. The van der Waals surface area contributed by atoms with Gasteiger partial charge in [0.05, 0.1) is 7.11 Å². The van der Waals surface area contributed by atoms with Gasteiger partial charge in [0.15, 0.2) is 0 Å². The Morgan fingerprint density at radius 2 is 2.22 bits per heavy atom. The van der Waals surface area contributed by atoms with Crippen molar-refractivity contribution in [3.05, 3.63) is 30.5 Å². The van der Waals surface area contributed by atoms with Gasteiger partial charge in [0.1, 0.15) is 11.6 Å². The number of pyridine rings is 1. The highest BCUT2D eigenvalue weighted by Gasteiger charge is 2.05. The van der Waals surface area contributed by atoms with Crippen molar-refractivity contribution in [1.82, 2.24) is 4.98 Å². The lowest BCUT2D eigenvalue weighted by Crippen LogP contribution is -2.20. The summed E-state index contributed by atoms with van der Waals surface area (Å²) >= 11 is 0. The van der Waals surface area contributed by atoms with Crippen LogP contribution in [0, 0.1) is 5.92 Å². The van der Waals surface area contributed by atoms with Gasteiger partial charge < -0.3 is 15.8 Å². The van der Waals surface area contributed by atoms with E-state index >= 15 is 0 Å².